The first kappa shape index (κ1) is 13.0. The third kappa shape index (κ3) is 1.50. The van der Waals surface area contributed by atoms with Crippen LogP contribution < -0.4 is 10.2 Å². The minimum atomic E-state index is 0.141. The van der Waals surface area contributed by atoms with Crippen LogP contribution in [0.15, 0.2) is 18.2 Å². The van der Waals surface area contributed by atoms with Gasteiger partial charge in [0.1, 0.15) is 5.82 Å². The van der Waals surface area contributed by atoms with Crippen LogP contribution in [0, 0.1) is 0 Å². The minimum Gasteiger partial charge on any atom is -0.358 e. The number of para-hydroxylation sites is 1. The molecule has 2 aromatic rings. The lowest BCUT2D eigenvalue weighted by atomic mass is 9.83. The van der Waals surface area contributed by atoms with Crippen LogP contribution in [0.5, 0.6) is 0 Å². The van der Waals surface area contributed by atoms with Crippen molar-refractivity contribution in [2.24, 2.45) is 7.05 Å². The Bertz CT molecular complexity index is 744. The van der Waals surface area contributed by atoms with Crippen LogP contribution in [0.3, 0.4) is 0 Å². The van der Waals surface area contributed by atoms with Crippen LogP contribution in [-0.2, 0) is 12.6 Å². The standard InChI is InChI=1S/C19H25N3/c1-19(9-4-10-20-19)15-6-3-5-14-16-13-7-11-22(12-8-13)18(16)21(2)17(14)15/h3,5-6,13,20H,4,7-12H2,1-2H3. The zero-order valence-electron chi connectivity index (χ0n) is 13.7. The quantitative estimate of drug-likeness (QED) is 0.869. The topological polar surface area (TPSA) is 20.2 Å². The fraction of sp³-hybridized carbons (Fsp3) is 0.579. The molecule has 1 aromatic heterocycles. The van der Waals surface area contributed by atoms with E-state index in [1.807, 2.05) is 0 Å². The van der Waals surface area contributed by atoms with E-state index >= 15 is 0 Å². The van der Waals surface area contributed by atoms with E-state index in [1.165, 1.54) is 61.1 Å². The molecule has 0 aliphatic carbocycles. The van der Waals surface area contributed by atoms with Gasteiger partial charge in [-0.3, -0.25) is 0 Å². The van der Waals surface area contributed by atoms with E-state index in [2.05, 4.69) is 47.0 Å². The van der Waals surface area contributed by atoms with E-state index in [1.54, 1.807) is 5.56 Å². The molecular formula is C19H25N3. The van der Waals surface area contributed by atoms with Gasteiger partial charge >= 0.3 is 0 Å². The molecule has 22 heavy (non-hydrogen) atoms. The number of fused-ring (bicyclic) bond motifs is 3. The summed E-state index contributed by atoms with van der Waals surface area (Å²) < 4.78 is 2.50. The molecular weight excluding hydrogens is 270 g/mol. The molecule has 0 saturated carbocycles. The zero-order valence-corrected chi connectivity index (χ0v) is 13.7. The second-order valence-corrected chi connectivity index (χ2v) is 7.62. The van der Waals surface area contributed by atoms with Crippen LogP contribution in [0.1, 0.15) is 49.7 Å². The van der Waals surface area contributed by atoms with Gasteiger partial charge in [0.25, 0.3) is 0 Å². The van der Waals surface area contributed by atoms with Gasteiger partial charge < -0.3 is 14.8 Å². The molecule has 3 nitrogen and oxygen atoms in total. The van der Waals surface area contributed by atoms with Crippen LogP contribution in [0.4, 0.5) is 5.82 Å². The first-order valence-electron chi connectivity index (χ1n) is 8.81. The van der Waals surface area contributed by atoms with Crippen molar-refractivity contribution >= 4 is 16.7 Å². The largest absolute Gasteiger partial charge is 0.358 e. The highest BCUT2D eigenvalue weighted by molar-refractivity contribution is 5.94. The van der Waals surface area contributed by atoms with Gasteiger partial charge in [-0.25, -0.2) is 0 Å². The summed E-state index contributed by atoms with van der Waals surface area (Å²) in [5.41, 5.74) is 4.75. The molecule has 4 aliphatic rings. The SMILES string of the molecule is Cn1c2c(c3cccc(C4(C)CCCN4)c31)C1CCN2CC1. The van der Waals surface area contributed by atoms with Gasteiger partial charge in [0.2, 0.25) is 0 Å². The lowest BCUT2D eigenvalue weighted by Crippen LogP contribution is -2.39. The fourth-order valence-corrected chi connectivity index (χ4v) is 5.26. The maximum absolute atomic E-state index is 3.76. The molecule has 5 heterocycles. The average Bonchev–Trinajstić information content (AvgIpc) is 3.13. The van der Waals surface area contributed by atoms with E-state index in [4.69, 9.17) is 0 Å². The molecule has 0 amide bonds. The Morgan fingerprint density at radius 3 is 2.77 bits per heavy atom. The highest BCUT2D eigenvalue weighted by Gasteiger charge is 2.38. The molecule has 2 bridgehead atoms. The average molecular weight is 295 g/mol. The van der Waals surface area contributed by atoms with E-state index in [9.17, 15) is 0 Å². The Morgan fingerprint density at radius 2 is 2.05 bits per heavy atom. The zero-order chi connectivity index (χ0) is 14.9. The number of rotatable bonds is 1. The molecule has 3 heteroatoms. The smallest absolute Gasteiger partial charge is 0.112 e. The molecule has 6 rings (SSSR count). The Morgan fingerprint density at radius 1 is 1.23 bits per heavy atom. The van der Waals surface area contributed by atoms with Gasteiger partial charge in [-0.1, -0.05) is 18.2 Å². The van der Waals surface area contributed by atoms with E-state index < -0.39 is 0 Å². The van der Waals surface area contributed by atoms with E-state index in [0.29, 0.717) is 0 Å². The number of aromatic nitrogens is 1. The van der Waals surface area contributed by atoms with Crippen LogP contribution in [-0.4, -0.2) is 24.2 Å². The van der Waals surface area contributed by atoms with Gasteiger partial charge in [-0.2, -0.15) is 0 Å². The summed E-state index contributed by atoms with van der Waals surface area (Å²) in [6.07, 6.45) is 5.21. The summed E-state index contributed by atoms with van der Waals surface area (Å²) in [6, 6.07) is 6.99. The second-order valence-electron chi connectivity index (χ2n) is 7.62. The van der Waals surface area contributed by atoms with Crippen molar-refractivity contribution in [3.05, 3.63) is 29.3 Å². The molecule has 0 spiro atoms. The highest BCUT2D eigenvalue weighted by Crippen LogP contribution is 2.49. The predicted molar refractivity (Wildman–Crippen MR) is 91.7 cm³/mol. The Kier molecular flexibility index (Phi) is 2.53. The van der Waals surface area contributed by atoms with Crippen molar-refractivity contribution in [1.29, 1.82) is 0 Å². The summed E-state index contributed by atoms with van der Waals surface area (Å²) in [5, 5.41) is 5.27. The molecule has 4 aliphatic heterocycles. The van der Waals surface area contributed by atoms with Crippen molar-refractivity contribution < 1.29 is 0 Å². The summed E-state index contributed by atoms with van der Waals surface area (Å²) in [6.45, 7) is 6.01. The van der Waals surface area contributed by atoms with Crippen LogP contribution in [0.25, 0.3) is 10.9 Å². The number of nitrogens with one attached hydrogen (secondary N) is 1. The van der Waals surface area contributed by atoms with Crippen molar-refractivity contribution in [3.63, 3.8) is 0 Å². The summed E-state index contributed by atoms with van der Waals surface area (Å²) >= 11 is 0. The lowest BCUT2D eigenvalue weighted by molar-refractivity contribution is 0.437. The summed E-state index contributed by atoms with van der Waals surface area (Å²) in [4.78, 5) is 2.61. The molecule has 0 radical (unpaired) electrons. The van der Waals surface area contributed by atoms with Gasteiger partial charge in [0, 0.05) is 36.6 Å². The molecule has 1 N–H and O–H groups in total. The third-order valence-electron chi connectivity index (χ3n) is 6.39. The first-order valence-corrected chi connectivity index (χ1v) is 8.81. The number of piperidine rings is 1. The third-order valence-corrected chi connectivity index (χ3v) is 6.39. The van der Waals surface area contributed by atoms with Crippen LogP contribution >= 0.6 is 0 Å². The predicted octanol–water partition coefficient (Wildman–Crippen LogP) is 3.47. The number of hydrogen-bond acceptors (Lipinski definition) is 2. The molecule has 1 atom stereocenters. The van der Waals surface area contributed by atoms with Gasteiger partial charge in [0.15, 0.2) is 0 Å². The summed E-state index contributed by atoms with van der Waals surface area (Å²) in [7, 11) is 2.28. The number of aryl methyl sites for hydroxylation is 1. The van der Waals surface area contributed by atoms with Crippen molar-refractivity contribution in [2.45, 2.75) is 44.1 Å². The van der Waals surface area contributed by atoms with Gasteiger partial charge in [-0.05, 0) is 50.6 Å². The van der Waals surface area contributed by atoms with Crippen LogP contribution in [0.2, 0.25) is 0 Å². The van der Waals surface area contributed by atoms with Crippen molar-refractivity contribution in [3.8, 4) is 0 Å². The monoisotopic (exact) mass is 295 g/mol. The van der Waals surface area contributed by atoms with Gasteiger partial charge in [0.05, 0.1) is 5.52 Å². The maximum atomic E-state index is 3.76. The molecule has 2 saturated heterocycles. The molecule has 1 unspecified atom stereocenters. The number of benzene rings is 1. The summed E-state index contributed by atoms with van der Waals surface area (Å²) in [5.74, 6) is 2.29. The first-order chi connectivity index (χ1) is 10.7. The Hall–Kier alpha value is -1.48. The van der Waals surface area contributed by atoms with Crippen molar-refractivity contribution in [1.82, 2.24) is 9.88 Å². The second kappa shape index (κ2) is 4.29. The molecule has 116 valence electrons. The normalized spacial score (nSPS) is 27.8. The Balaban J connectivity index is 1.83. The van der Waals surface area contributed by atoms with E-state index in [0.717, 1.165) is 12.5 Å². The maximum Gasteiger partial charge on any atom is 0.112 e. The molecule has 2 fully saturated rings. The number of hydrogen-bond donors (Lipinski definition) is 1. The fourth-order valence-electron chi connectivity index (χ4n) is 5.26. The Labute approximate surface area is 132 Å². The lowest BCUT2D eigenvalue weighted by Gasteiger charge is -2.41. The van der Waals surface area contributed by atoms with Gasteiger partial charge in [-0.15, -0.1) is 0 Å². The van der Waals surface area contributed by atoms with E-state index in [-0.39, 0.29) is 5.54 Å². The number of nitrogens with zero attached hydrogens (tertiary/aromatic N) is 2. The highest BCUT2D eigenvalue weighted by atomic mass is 15.3. The minimum absolute atomic E-state index is 0.141. The molecule has 1 aromatic carbocycles. The van der Waals surface area contributed by atoms with Crippen molar-refractivity contribution in [2.75, 3.05) is 24.5 Å². The number of anilines is 1.